The molecule has 4 aliphatic carbocycles. The van der Waals surface area contributed by atoms with Gasteiger partial charge in [-0.2, -0.15) is 91.7 Å². The van der Waals surface area contributed by atoms with Crippen LogP contribution >= 0.6 is 0 Å². The highest BCUT2D eigenvalue weighted by Gasteiger charge is 2.51. The summed E-state index contributed by atoms with van der Waals surface area (Å²) in [4.78, 5) is 28.1. The second-order valence-electron chi connectivity index (χ2n) is 32.5. The summed E-state index contributed by atoms with van der Waals surface area (Å²) in [5.74, 6) is -1.71. The first kappa shape index (κ1) is 78.7. The Labute approximate surface area is 714 Å². The van der Waals surface area contributed by atoms with Gasteiger partial charge in [-0.1, -0.05) is 0 Å². The molecule has 0 aliphatic heterocycles. The van der Waals surface area contributed by atoms with Crippen molar-refractivity contribution in [3.63, 3.8) is 0 Å². The molecule has 18 aromatic heterocycles. The topological polar surface area (TPSA) is 454 Å². The lowest BCUT2D eigenvalue weighted by molar-refractivity contribution is 0.0860. The largest absolute Gasteiger partial charge is 0.339 e. The van der Waals surface area contributed by atoms with Gasteiger partial charge in [-0.05, 0) is 87.8 Å². The average Bonchev–Trinajstić information content (AvgIpc) is 1.55. The second kappa shape index (κ2) is 31.2. The van der Waals surface area contributed by atoms with Gasteiger partial charge in [-0.3, -0.25) is 38.1 Å². The lowest BCUT2D eigenvalue weighted by atomic mass is 9.67. The maximum Gasteiger partial charge on any atom is 0.242 e. The number of pyridine rings is 2. The highest BCUT2D eigenvalue weighted by Crippen LogP contribution is 2.53. The van der Waals surface area contributed by atoms with Gasteiger partial charge in [0.1, 0.15) is 11.4 Å². The fraction of sp³-hybridized carbons (Fsp3) is 0.273. The summed E-state index contributed by atoms with van der Waals surface area (Å²) in [6.45, 7) is 0. The van der Waals surface area contributed by atoms with Crippen molar-refractivity contribution in [2.24, 2.45) is 51.9 Å². The van der Waals surface area contributed by atoms with Crippen LogP contribution in [0.15, 0.2) is 185 Å². The third kappa shape index (κ3) is 13.6. The first-order valence-electron chi connectivity index (χ1n) is 40.1. The van der Waals surface area contributed by atoms with Crippen LogP contribution in [0.5, 0.6) is 0 Å². The molecule has 126 heavy (non-hydrogen) atoms. The van der Waals surface area contributed by atoms with Gasteiger partial charge in [-0.15, -0.1) is 10.2 Å². The van der Waals surface area contributed by atoms with Gasteiger partial charge in [0.15, 0.2) is 0 Å². The van der Waals surface area contributed by atoms with Crippen LogP contribution in [0.3, 0.4) is 0 Å². The molecule has 22 rings (SSSR count). The van der Waals surface area contributed by atoms with E-state index in [0.29, 0.717) is 98.0 Å². The first-order chi connectivity index (χ1) is 61.3. The lowest BCUT2D eigenvalue weighted by Crippen LogP contribution is -2.46. The van der Waals surface area contributed by atoms with Gasteiger partial charge >= 0.3 is 0 Å². The van der Waals surface area contributed by atoms with Crippen LogP contribution in [0, 0.1) is 126 Å². The van der Waals surface area contributed by atoms with Crippen molar-refractivity contribution in [3.05, 3.63) is 197 Å². The first-order valence-corrected chi connectivity index (χ1v) is 40.1. The zero-order valence-electron chi connectivity index (χ0n) is 68.0. The number of hydrogen-bond acceptors (Lipinski definition) is 24. The van der Waals surface area contributed by atoms with E-state index in [1.165, 1.54) is 9.36 Å². The zero-order chi connectivity index (χ0) is 86.9. The predicted molar refractivity (Wildman–Crippen MR) is 447 cm³/mol. The Morgan fingerprint density at radius 2 is 0.587 bits per heavy atom. The summed E-state index contributed by atoms with van der Waals surface area (Å²) in [6.07, 6.45) is 48.6. The summed E-state index contributed by atoms with van der Waals surface area (Å²) < 4.78 is 51.1. The van der Waals surface area contributed by atoms with Crippen LogP contribution in [0.1, 0.15) is 77.0 Å². The van der Waals surface area contributed by atoms with E-state index in [1.807, 2.05) is 111 Å². The van der Waals surface area contributed by atoms with Crippen LogP contribution in [-0.4, -0.2) is 136 Å². The van der Waals surface area contributed by atoms with Crippen molar-refractivity contribution in [1.29, 1.82) is 42.1 Å². The molecule has 4 saturated carbocycles. The van der Waals surface area contributed by atoms with Gasteiger partial charge in [0.05, 0.1) is 273 Å². The molecule has 0 amide bonds. The molecule has 0 unspecified atom stereocenters. The van der Waals surface area contributed by atoms with E-state index >= 15 is 8.78 Å². The van der Waals surface area contributed by atoms with E-state index < -0.39 is 34.1 Å². The third-order valence-corrected chi connectivity index (χ3v) is 24.5. The Hall–Kier alpha value is -17.1. The molecular formula is C88H70F2N36. The number of nitriles is 8. The number of aryl methyl sites for hydroxylation is 4. The minimum Gasteiger partial charge on any atom is -0.339 e. The minimum atomic E-state index is -0.674. The van der Waals surface area contributed by atoms with Crippen molar-refractivity contribution in [3.8, 4) is 139 Å². The van der Waals surface area contributed by atoms with Crippen molar-refractivity contribution in [2.45, 2.75) is 99.2 Å². The van der Waals surface area contributed by atoms with Crippen LogP contribution in [-0.2, 0) is 50.3 Å². The Bertz CT molecular complexity index is 7230. The number of nitrogens with zero attached hydrogens (tertiary/aromatic N) is 36. The molecule has 616 valence electrons. The number of hydrogen-bond donors (Lipinski definition) is 0. The van der Waals surface area contributed by atoms with E-state index in [-0.39, 0.29) is 47.6 Å². The van der Waals surface area contributed by atoms with E-state index in [4.69, 9.17) is 20.5 Å². The summed E-state index contributed by atoms with van der Waals surface area (Å²) in [5.41, 5.74) is 13.6. The normalized spacial score (nSPS) is 20.2. The monoisotopic (exact) mass is 1670 g/mol. The van der Waals surface area contributed by atoms with Gasteiger partial charge in [0, 0.05) is 147 Å². The molecule has 0 saturated heterocycles. The maximum absolute atomic E-state index is 15.0. The van der Waals surface area contributed by atoms with Gasteiger partial charge in [0.25, 0.3) is 0 Å². The molecule has 0 spiro atoms. The van der Waals surface area contributed by atoms with E-state index in [1.54, 1.807) is 127 Å². The smallest absolute Gasteiger partial charge is 0.242 e. The molecular weight excluding hydrogens is 1600 g/mol. The summed E-state index contributed by atoms with van der Waals surface area (Å²) >= 11 is 0. The molecule has 0 N–H and O–H groups in total. The molecule has 0 radical (unpaired) electrons. The minimum absolute atomic E-state index is 0.0327. The molecule has 4 aliphatic rings. The Balaban J connectivity index is 0.000000110. The lowest BCUT2D eigenvalue weighted by Gasteiger charge is -2.45. The molecule has 0 atom stereocenters. The SMILES string of the molecule is Cn1cc(-c2cn3nccc3c(-c3cn(C4(CC#N)CC(C#N)C4)c4ccncc34)n2)cn1.Cn1cc(-c2cn3nccc3c(-c3cn(C4(CC#N)CC(C#N)C4)c4ccncc34)n2)cn1.Cn1cc(-c2cn3nccc3c(-c3cn(C4(CC#N)CC(C#N)C4)nc3F)n2)cn1.Cn1cc(-c2cn3nccc3c(-c3cn(C4(CC#N)CC(C#N)C4)nc3F)n2)cn1. The van der Waals surface area contributed by atoms with Crippen molar-refractivity contribution in [2.75, 3.05) is 0 Å². The Morgan fingerprint density at radius 1 is 0.317 bits per heavy atom. The molecule has 18 aromatic rings. The standard InChI is InChI=1S/2C24H19N9.2C20H16FN9/c2*1-31-13-17(11-29-31)20-15-33-22(3-7-28-33)23(30-20)19-14-32(21-2-6-27-12-18(19)21)24(4-5-25)8-16(9-24)10-26;2*1-28-10-14(9-25-28)16-12-29-17(2-5-24-29)18(26-16)15-11-30(27-19(15)21)20(3-4-22)6-13(7-20)8-23/h2*2-3,6-7,11-16H,4,8-9H2,1H3;2*2,5,9-13H,3,6-7H2,1H3. The average molecular weight is 1670 g/mol. The fourth-order valence-electron chi connectivity index (χ4n) is 18.1. The quantitative estimate of drug-likeness (QED) is 0.0867. The van der Waals surface area contributed by atoms with Gasteiger partial charge < -0.3 is 9.13 Å². The molecule has 4 fully saturated rings. The zero-order valence-corrected chi connectivity index (χ0v) is 68.0. The third-order valence-electron chi connectivity index (χ3n) is 24.5. The molecule has 0 bridgehead atoms. The summed E-state index contributed by atoms with van der Waals surface area (Å²) in [5, 5.41) is 119. The molecule has 18 heterocycles. The Morgan fingerprint density at radius 3 is 0.857 bits per heavy atom. The number of rotatable bonds is 16. The molecule has 38 heteroatoms. The van der Waals surface area contributed by atoms with E-state index in [2.05, 4.69) is 141 Å². The molecule has 36 nitrogen and oxygen atoms in total. The van der Waals surface area contributed by atoms with Gasteiger partial charge in [-0.25, -0.2) is 38.0 Å². The van der Waals surface area contributed by atoms with Crippen LogP contribution in [0.25, 0.3) is 134 Å². The highest BCUT2D eigenvalue weighted by molar-refractivity contribution is 6.00. The van der Waals surface area contributed by atoms with Crippen molar-refractivity contribution in [1.82, 2.24) is 136 Å². The Kier molecular flexibility index (Phi) is 19.5. The van der Waals surface area contributed by atoms with Crippen molar-refractivity contribution < 1.29 is 8.78 Å². The fourth-order valence-corrected chi connectivity index (χ4v) is 18.1. The van der Waals surface area contributed by atoms with Crippen LogP contribution in [0.4, 0.5) is 8.78 Å². The van der Waals surface area contributed by atoms with E-state index in [9.17, 15) is 31.6 Å². The summed E-state index contributed by atoms with van der Waals surface area (Å²) in [7, 11) is 7.36. The van der Waals surface area contributed by atoms with Crippen LogP contribution < -0.4 is 0 Å². The number of fused-ring (bicyclic) bond motifs is 6. The maximum atomic E-state index is 15.0. The number of aromatic nitrogens is 28. The van der Waals surface area contributed by atoms with Crippen molar-refractivity contribution >= 4 is 43.9 Å². The number of halogens is 2. The van der Waals surface area contributed by atoms with E-state index in [0.717, 1.165) is 89.0 Å². The van der Waals surface area contributed by atoms with Crippen LogP contribution in [0.2, 0.25) is 0 Å². The second-order valence-corrected chi connectivity index (χ2v) is 32.5. The molecule has 0 aromatic carbocycles. The highest BCUT2D eigenvalue weighted by atomic mass is 19.1. The summed E-state index contributed by atoms with van der Waals surface area (Å²) in [6, 6.07) is 29.4. The van der Waals surface area contributed by atoms with Gasteiger partial charge in [0.2, 0.25) is 11.9 Å². The predicted octanol–water partition coefficient (Wildman–Crippen LogP) is 12.7.